The minimum Gasteiger partial charge on any atom is -0.465 e. The Labute approximate surface area is 97.3 Å². The van der Waals surface area contributed by atoms with Crippen molar-refractivity contribution in [3.63, 3.8) is 0 Å². The van der Waals surface area contributed by atoms with Crippen molar-refractivity contribution in [2.45, 2.75) is 6.61 Å². The smallest absolute Gasteiger partial charge is 0.387 e. The van der Waals surface area contributed by atoms with E-state index in [-0.39, 0.29) is 15.8 Å². The largest absolute Gasteiger partial charge is 0.465 e. The maximum atomic E-state index is 13.5. The summed E-state index contributed by atoms with van der Waals surface area (Å²) in [4.78, 5) is 11.0. The normalized spacial score (nSPS) is 10.4. The van der Waals surface area contributed by atoms with Crippen molar-refractivity contribution in [2.24, 2.45) is 0 Å². The molecule has 0 spiro atoms. The molecule has 3 nitrogen and oxygen atoms in total. The zero-order chi connectivity index (χ0) is 12.3. The van der Waals surface area contributed by atoms with Crippen LogP contribution in [0.2, 0.25) is 0 Å². The Morgan fingerprint density at radius 2 is 2.06 bits per heavy atom. The summed E-state index contributed by atoms with van der Waals surface area (Å²) in [5, 5.41) is 0. The number of ether oxygens (including phenoxy) is 2. The lowest BCUT2D eigenvalue weighted by atomic mass is 10.2. The first-order valence-electron chi connectivity index (χ1n) is 3.98. The average molecular weight is 299 g/mol. The van der Waals surface area contributed by atoms with E-state index in [0.29, 0.717) is 0 Å². The van der Waals surface area contributed by atoms with Crippen LogP contribution in [0.3, 0.4) is 0 Å². The quantitative estimate of drug-likeness (QED) is 0.805. The molecule has 16 heavy (non-hydrogen) atoms. The minimum absolute atomic E-state index is 0.351. The van der Waals surface area contributed by atoms with Crippen molar-refractivity contribution in [3.8, 4) is 5.75 Å². The molecule has 0 bridgehead atoms. The van der Waals surface area contributed by atoms with Crippen LogP contribution in [0.1, 0.15) is 10.4 Å². The highest BCUT2D eigenvalue weighted by atomic mass is 79.9. The molecule has 0 saturated heterocycles. The minimum atomic E-state index is -3.07. The summed E-state index contributed by atoms with van der Waals surface area (Å²) in [6.07, 6.45) is 0. The van der Waals surface area contributed by atoms with Gasteiger partial charge in [-0.05, 0) is 28.1 Å². The van der Waals surface area contributed by atoms with Crippen LogP contribution in [-0.2, 0) is 4.74 Å². The topological polar surface area (TPSA) is 35.5 Å². The van der Waals surface area contributed by atoms with Crippen molar-refractivity contribution in [3.05, 3.63) is 28.0 Å². The molecule has 1 aromatic carbocycles. The number of esters is 1. The molecule has 88 valence electrons. The fraction of sp³-hybridized carbons (Fsp3) is 0.222. The van der Waals surface area contributed by atoms with E-state index in [2.05, 4.69) is 25.4 Å². The van der Waals surface area contributed by atoms with Gasteiger partial charge in [-0.25, -0.2) is 9.18 Å². The van der Waals surface area contributed by atoms with Crippen LogP contribution in [0.4, 0.5) is 13.2 Å². The van der Waals surface area contributed by atoms with E-state index < -0.39 is 18.4 Å². The van der Waals surface area contributed by atoms with Gasteiger partial charge in [-0.3, -0.25) is 0 Å². The third kappa shape index (κ3) is 2.66. The third-order valence-corrected chi connectivity index (χ3v) is 2.41. The fourth-order valence-electron chi connectivity index (χ4n) is 0.986. The van der Waals surface area contributed by atoms with Crippen molar-refractivity contribution in [2.75, 3.05) is 7.11 Å². The highest BCUT2D eigenvalue weighted by Crippen LogP contribution is 2.31. The summed E-state index contributed by atoms with van der Waals surface area (Å²) < 4.78 is 45.3. The number of methoxy groups -OCH3 is 1. The monoisotopic (exact) mass is 298 g/mol. The second-order valence-electron chi connectivity index (χ2n) is 2.61. The lowest BCUT2D eigenvalue weighted by Crippen LogP contribution is -2.08. The Bertz CT molecular complexity index is 409. The SMILES string of the molecule is COC(=O)c1ccc(OC(F)F)c(Br)c1F. The average Bonchev–Trinajstić information content (AvgIpc) is 2.23. The van der Waals surface area contributed by atoms with Crippen LogP contribution in [-0.4, -0.2) is 19.7 Å². The molecule has 0 aliphatic heterocycles. The molecule has 7 heteroatoms. The molecular formula is C9H6BrF3O3. The van der Waals surface area contributed by atoms with Crippen LogP contribution >= 0.6 is 15.9 Å². The molecular weight excluding hydrogens is 293 g/mol. The second-order valence-corrected chi connectivity index (χ2v) is 3.40. The van der Waals surface area contributed by atoms with E-state index in [4.69, 9.17) is 0 Å². The van der Waals surface area contributed by atoms with Crippen molar-refractivity contribution in [1.29, 1.82) is 0 Å². The number of hydrogen-bond acceptors (Lipinski definition) is 3. The Hall–Kier alpha value is -1.24. The molecule has 0 unspecified atom stereocenters. The molecule has 0 aromatic heterocycles. The van der Waals surface area contributed by atoms with E-state index in [1.807, 2.05) is 0 Å². The van der Waals surface area contributed by atoms with Crippen LogP contribution in [0.5, 0.6) is 5.75 Å². The van der Waals surface area contributed by atoms with Gasteiger partial charge in [0.15, 0.2) is 5.82 Å². The van der Waals surface area contributed by atoms with E-state index in [9.17, 15) is 18.0 Å². The van der Waals surface area contributed by atoms with Crippen molar-refractivity contribution in [1.82, 2.24) is 0 Å². The predicted octanol–water partition coefficient (Wildman–Crippen LogP) is 2.98. The third-order valence-electron chi connectivity index (χ3n) is 1.67. The van der Waals surface area contributed by atoms with Crippen LogP contribution in [0.15, 0.2) is 16.6 Å². The van der Waals surface area contributed by atoms with Gasteiger partial charge in [-0.1, -0.05) is 0 Å². The number of halogens is 4. The summed E-state index contributed by atoms with van der Waals surface area (Å²) in [6, 6.07) is 2.05. The molecule has 0 heterocycles. The lowest BCUT2D eigenvalue weighted by molar-refractivity contribution is -0.0505. The maximum absolute atomic E-state index is 13.5. The molecule has 0 aliphatic rings. The summed E-state index contributed by atoms with van der Waals surface area (Å²) >= 11 is 2.72. The number of alkyl halides is 2. The summed E-state index contributed by atoms with van der Waals surface area (Å²) in [6.45, 7) is -3.07. The molecule has 0 radical (unpaired) electrons. The van der Waals surface area contributed by atoms with Crippen LogP contribution in [0, 0.1) is 5.82 Å². The first-order valence-corrected chi connectivity index (χ1v) is 4.77. The highest BCUT2D eigenvalue weighted by Gasteiger charge is 2.19. The predicted molar refractivity (Wildman–Crippen MR) is 52.1 cm³/mol. The van der Waals surface area contributed by atoms with E-state index in [1.165, 1.54) is 0 Å². The van der Waals surface area contributed by atoms with E-state index in [1.54, 1.807) is 0 Å². The molecule has 0 aliphatic carbocycles. The Balaban J connectivity index is 3.13. The molecule has 0 atom stereocenters. The number of hydrogen-bond donors (Lipinski definition) is 0. The molecule has 0 saturated carbocycles. The van der Waals surface area contributed by atoms with Gasteiger partial charge < -0.3 is 9.47 Å². The summed E-state index contributed by atoms with van der Waals surface area (Å²) in [5.41, 5.74) is -0.365. The Kier molecular flexibility index (Phi) is 4.17. The molecule has 1 aromatic rings. The second kappa shape index (κ2) is 5.20. The number of benzene rings is 1. The van der Waals surface area contributed by atoms with Gasteiger partial charge in [-0.2, -0.15) is 8.78 Å². The van der Waals surface area contributed by atoms with Gasteiger partial charge in [0.05, 0.1) is 17.1 Å². The van der Waals surface area contributed by atoms with Gasteiger partial charge in [0.1, 0.15) is 5.75 Å². The number of carbonyl (C=O) groups is 1. The lowest BCUT2D eigenvalue weighted by Gasteiger charge is -2.09. The van der Waals surface area contributed by atoms with Gasteiger partial charge >= 0.3 is 12.6 Å². The summed E-state index contributed by atoms with van der Waals surface area (Å²) in [5.74, 6) is -2.30. The first-order chi connectivity index (χ1) is 7.47. The zero-order valence-electron chi connectivity index (χ0n) is 7.97. The first kappa shape index (κ1) is 12.8. The van der Waals surface area contributed by atoms with Crippen LogP contribution in [0.25, 0.3) is 0 Å². The Morgan fingerprint density at radius 1 is 1.44 bits per heavy atom. The Morgan fingerprint density at radius 3 is 2.56 bits per heavy atom. The van der Waals surface area contributed by atoms with E-state index in [0.717, 1.165) is 19.2 Å². The fourth-order valence-corrected chi connectivity index (χ4v) is 1.43. The number of rotatable bonds is 3. The van der Waals surface area contributed by atoms with Crippen molar-refractivity contribution < 1.29 is 27.4 Å². The molecule has 0 N–H and O–H groups in total. The van der Waals surface area contributed by atoms with Gasteiger partial charge in [0.25, 0.3) is 0 Å². The summed E-state index contributed by atoms with van der Waals surface area (Å²) in [7, 11) is 1.08. The van der Waals surface area contributed by atoms with Crippen molar-refractivity contribution >= 4 is 21.9 Å². The van der Waals surface area contributed by atoms with Gasteiger partial charge in [0.2, 0.25) is 0 Å². The van der Waals surface area contributed by atoms with Gasteiger partial charge in [0, 0.05) is 0 Å². The zero-order valence-corrected chi connectivity index (χ0v) is 9.55. The highest BCUT2D eigenvalue weighted by molar-refractivity contribution is 9.10. The molecule has 0 fully saturated rings. The number of carbonyl (C=O) groups excluding carboxylic acids is 1. The standard InChI is InChI=1S/C9H6BrF3O3/c1-15-8(14)4-2-3-5(16-9(12)13)6(10)7(4)11/h2-3,9H,1H3. The van der Waals surface area contributed by atoms with Gasteiger partial charge in [-0.15, -0.1) is 0 Å². The van der Waals surface area contributed by atoms with E-state index >= 15 is 0 Å². The maximum Gasteiger partial charge on any atom is 0.387 e. The molecule has 1 rings (SSSR count). The van der Waals surface area contributed by atoms with Crippen LogP contribution < -0.4 is 4.74 Å². The molecule has 0 amide bonds.